The molecule has 0 saturated heterocycles. The number of hydrogen-bond acceptors (Lipinski definition) is 2. The summed E-state index contributed by atoms with van der Waals surface area (Å²) >= 11 is 0. The molecule has 1 aromatic rings. The highest BCUT2D eigenvalue weighted by atomic mass is 16.1. The highest BCUT2D eigenvalue weighted by Gasteiger charge is 2.08. The summed E-state index contributed by atoms with van der Waals surface area (Å²) in [5.41, 5.74) is 1.54. The number of pyridine rings is 1. The Balaban J connectivity index is 2.70. The first-order valence-electron chi connectivity index (χ1n) is 4.87. The Morgan fingerprint density at radius 3 is 2.93 bits per heavy atom. The molecule has 1 unspecified atom stereocenters. The number of amides is 1. The van der Waals surface area contributed by atoms with E-state index in [2.05, 4.69) is 10.3 Å². The lowest BCUT2D eigenvalue weighted by atomic mass is 10.2. The number of nitrogens with zero attached hydrogens (tertiary/aromatic N) is 1. The zero-order chi connectivity index (χ0) is 10.6. The molecule has 1 atom stereocenters. The lowest BCUT2D eigenvalue weighted by molar-refractivity contribution is 0.0934. The van der Waals surface area contributed by atoms with Gasteiger partial charge in [-0.05, 0) is 38.0 Å². The summed E-state index contributed by atoms with van der Waals surface area (Å²) in [6.07, 6.45) is 2.58. The average Bonchev–Trinajstić information content (AvgIpc) is 2.17. The van der Waals surface area contributed by atoms with Crippen molar-refractivity contribution in [1.82, 2.24) is 10.3 Å². The molecule has 14 heavy (non-hydrogen) atoms. The first kappa shape index (κ1) is 10.7. The van der Waals surface area contributed by atoms with Crippen LogP contribution in [0.15, 0.2) is 18.3 Å². The summed E-state index contributed by atoms with van der Waals surface area (Å²) in [6, 6.07) is 3.86. The SMILES string of the molecule is CCC(C)NC(=O)c1cc(C)ccn1. The Labute approximate surface area is 84.6 Å². The molecule has 0 aliphatic heterocycles. The Morgan fingerprint density at radius 1 is 1.64 bits per heavy atom. The van der Waals surface area contributed by atoms with Gasteiger partial charge in [-0.1, -0.05) is 6.92 Å². The van der Waals surface area contributed by atoms with Crippen LogP contribution < -0.4 is 5.32 Å². The molecule has 0 bridgehead atoms. The van der Waals surface area contributed by atoms with Gasteiger partial charge in [0.25, 0.3) is 5.91 Å². The highest BCUT2D eigenvalue weighted by molar-refractivity contribution is 5.92. The number of hydrogen-bond donors (Lipinski definition) is 1. The molecule has 0 spiro atoms. The van der Waals surface area contributed by atoms with Gasteiger partial charge >= 0.3 is 0 Å². The quantitative estimate of drug-likeness (QED) is 0.795. The molecule has 1 N–H and O–H groups in total. The Kier molecular flexibility index (Phi) is 3.63. The second-order valence-corrected chi connectivity index (χ2v) is 3.50. The van der Waals surface area contributed by atoms with Gasteiger partial charge in [-0.15, -0.1) is 0 Å². The Morgan fingerprint density at radius 2 is 2.36 bits per heavy atom. The molecule has 3 heteroatoms. The van der Waals surface area contributed by atoms with Crippen LogP contribution in [0, 0.1) is 6.92 Å². The van der Waals surface area contributed by atoms with E-state index in [0.717, 1.165) is 12.0 Å². The maximum atomic E-state index is 11.6. The van der Waals surface area contributed by atoms with Gasteiger partial charge in [-0.2, -0.15) is 0 Å². The van der Waals surface area contributed by atoms with Gasteiger partial charge in [0.1, 0.15) is 5.69 Å². The molecule has 1 amide bonds. The van der Waals surface area contributed by atoms with Crippen LogP contribution in [0.1, 0.15) is 36.3 Å². The first-order valence-corrected chi connectivity index (χ1v) is 4.87. The van der Waals surface area contributed by atoms with Crippen molar-refractivity contribution in [1.29, 1.82) is 0 Å². The van der Waals surface area contributed by atoms with Gasteiger partial charge < -0.3 is 5.32 Å². The zero-order valence-electron chi connectivity index (χ0n) is 8.87. The minimum atomic E-state index is -0.0944. The highest BCUT2D eigenvalue weighted by Crippen LogP contribution is 2.00. The van der Waals surface area contributed by atoms with Crippen molar-refractivity contribution in [3.05, 3.63) is 29.6 Å². The van der Waals surface area contributed by atoms with Crippen molar-refractivity contribution >= 4 is 5.91 Å². The normalized spacial score (nSPS) is 12.2. The monoisotopic (exact) mass is 192 g/mol. The van der Waals surface area contributed by atoms with Gasteiger partial charge in [0.2, 0.25) is 0 Å². The second-order valence-electron chi connectivity index (χ2n) is 3.50. The first-order chi connectivity index (χ1) is 6.63. The van der Waals surface area contributed by atoms with Crippen molar-refractivity contribution in [2.24, 2.45) is 0 Å². The van der Waals surface area contributed by atoms with E-state index in [1.807, 2.05) is 26.8 Å². The largest absolute Gasteiger partial charge is 0.348 e. The lowest BCUT2D eigenvalue weighted by Crippen LogP contribution is -2.32. The predicted octanol–water partition coefficient (Wildman–Crippen LogP) is 1.92. The molecular formula is C11H16N2O. The number of carbonyl (C=O) groups excluding carboxylic acids is 1. The van der Waals surface area contributed by atoms with Crippen molar-refractivity contribution in [3.63, 3.8) is 0 Å². The van der Waals surface area contributed by atoms with Crippen LogP contribution in [0.3, 0.4) is 0 Å². The lowest BCUT2D eigenvalue weighted by Gasteiger charge is -2.10. The molecule has 1 aromatic heterocycles. The van der Waals surface area contributed by atoms with Crippen molar-refractivity contribution in [2.75, 3.05) is 0 Å². The van der Waals surface area contributed by atoms with Crippen molar-refractivity contribution in [2.45, 2.75) is 33.2 Å². The van der Waals surface area contributed by atoms with Crippen LogP contribution in [0.25, 0.3) is 0 Å². The van der Waals surface area contributed by atoms with Gasteiger partial charge in [0.15, 0.2) is 0 Å². The third-order valence-electron chi connectivity index (χ3n) is 2.14. The smallest absolute Gasteiger partial charge is 0.270 e. The van der Waals surface area contributed by atoms with Crippen LogP contribution in [-0.4, -0.2) is 16.9 Å². The van der Waals surface area contributed by atoms with Gasteiger partial charge in [-0.25, -0.2) is 0 Å². The number of nitrogens with one attached hydrogen (secondary N) is 1. The predicted molar refractivity (Wildman–Crippen MR) is 56.2 cm³/mol. The third-order valence-corrected chi connectivity index (χ3v) is 2.14. The molecule has 0 aliphatic rings. The number of rotatable bonds is 3. The van der Waals surface area contributed by atoms with Gasteiger partial charge in [-0.3, -0.25) is 9.78 Å². The number of aryl methyl sites for hydroxylation is 1. The fourth-order valence-corrected chi connectivity index (χ4v) is 1.06. The molecule has 76 valence electrons. The summed E-state index contributed by atoms with van der Waals surface area (Å²) in [6.45, 7) is 5.96. The van der Waals surface area contributed by atoms with E-state index in [-0.39, 0.29) is 11.9 Å². The number of carbonyl (C=O) groups is 1. The molecule has 1 heterocycles. The molecule has 3 nitrogen and oxygen atoms in total. The number of aromatic nitrogens is 1. The standard InChI is InChI=1S/C11H16N2O/c1-4-9(3)13-11(14)10-7-8(2)5-6-12-10/h5-7,9H,4H2,1-3H3,(H,13,14). The van der Waals surface area contributed by atoms with Crippen molar-refractivity contribution in [3.8, 4) is 0 Å². The topological polar surface area (TPSA) is 42.0 Å². The van der Waals surface area contributed by atoms with E-state index in [9.17, 15) is 4.79 Å². The van der Waals surface area contributed by atoms with Crippen LogP contribution in [0.2, 0.25) is 0 Å². The van der Waals surface area contributed by atoms with Crippen LogP contribution in [0.4, 0.5) is 0 Å². The van der Waals surface area contributed by atoms with E-state index in [1.165, 1.54) is 0 Å². The summed E-state index contributed by atoms with van der Waals surface area (Å²) < 4.78 is 0. The van der Waals surface area contributed by atoms with Gasteiger partial charge in [0, 0.05) is 12.2 Å². The van der Waals surface area contributed by atoms with Crippen molar-refractivity contribution < 1.29 is 4.79 Å². The maximum Gasteiger partial charge on any atom is 0.270 e. The summed E-state index contributed by atoms with van der Waals surface area (Å²) in [5.74, 6) is -0.0944. The zero-order valence-corrected chi connectivity index (χ0v) is 8.87. The van der Waals surface area contributed by atoms with Gasteiger partial charge in [0.05, 0.1) is 0 Å². The van der Waals surface area contributed by atoms with Crippen LogP contribution in [-0.2, 0) is 0 Å². The fraction of sp³-hybridized carbons (Fsp3) is 0.455. The summed E-state index contributed by atoms with van der Waals surface area (Å²) in [4.78, 5) is 15.6. The van der Waals surface area contributed by atoms with E-state index in [1.54, 1.807) is 12.3 Å². The van der Waals surface area contributed by atoms with E-state index in [4.69, 9.17) is 0 Å². The second kappa shape index (κ2) is 4.74. The molecule has 0 radical (unpaired) electrons. The molecule has 0 aromatic carbocycles. The Bertz CT molecular complexity index is 323. The van der Waals surface area contributed by atoms with E-state index < -0.39 is 0 Å². The molecule has 0 fully saturated rings. The van der Waals surface area contributed by atoms with E-state index in [0.29, 0.717) is 5.69 Å². The summed E-state index contributed by atoms with van der Waals surface area (Å²) in [5, 5.41) is 2.87. The maximum absolute atomic E-state index is 11.6. The molecular weight excluding hydrogens is 176 g/mol. The minimum Gasteiger partial charge on any atom is -0.348 e. The molecule has 0 saturated carbocycles. The molecule has 0 aliphatic carbocycles. The fourth-order valence-electron chi connectivity index (χ4n) is 1.06. The Hall–Kier alpha value is -1.38. The average molecular weight is 192 g/mol. The third kappa shape index (κ3) is 2.83. The summed E-state index contributed by atoms with van der Waals surface area (Å²) in [7, 11) is 0. The van der Waals surface area contributed by atoms with Crippen LogP contribution in [0.5, 0.6) is 0 Å². The molecule has 1 rings (SSSR count). The van der Waals surface area contributed by atoms with E-state index >= 15 is 0 Å². The van der Waals surface area contributed by atoms with Crippen LogP contribution >= 0.6 is 0 Å². The minimum absolute atomic E-state index is 0.0944.